The molecule has 1 N–H and O–H groups in total. The van der Waals surface area contributed by atoms with Gasteiger partial charge >= 0.3 is 0 Å². The van der Waals surface area contributed by atoms with Crippen molar-refractivity contribution in [2.45, 2.75) is 6.54 Å². The summed E-state index contributed by atoms with van der Waals surface area (Å²) in [4.78, 5) is 15.1. The highest BCUT2D eigenvalue weighted by Crippen LogP contribution is 2.21. The van der Waals surface area contributed by atoms with Crippen molar-refractivity contribution in [1.29, 1.82) is 0 Å². The van der Waals surface area contributed by atoms with E-state index in [1.54, 1.807) is 12.3 Å². The number of aromatic nitrogens is 3. The van der Waals surface area contributed by atoms with Gasteiger partial charge in [0.15, 0.2) is 0 Å². The molecule has 0 aliphatic carbocycles. The highest BCUT2D eigenvalue weighted by Gasteiger charge is 2.12. The van der Waals surface area contributed by atoms with Crippen LogP contribution in [0.25, 0.3) is 10.9 Å². The molecule has 128 valence electrons. The molecule has 0 bridgehead atoms. The maximum Gasteiger partial charge on any atom is 0.137 e. The molecular formula is C18H18FN5O. The molecule has 1 aliphatic heterocycles. The molecule has 0 atom stereocenters. The number of anilines is 2. The third-order valence-electron chi connectivity index (χ3n) is 4.20. The molecule has 1 saturated heterocycles. The Bertz CT molecular complexity index is 882. The zero-order valence-electron chi connectivity index (χ0n) is 13.7. The Balaban J connectivity index is 1.53. The van der Waals surface area contributed by atoms with E-state index in [1.165, 1.54) is 18.5 Å². The molecule has 6 nitrogen and oxygen atoms in total. The van der Waals surface area contributed by atoms with Gasteiger partial charge in [0.25, 0.3) is 0 Å². The molecule has 7 heteroatoms. The van der Waals surface area contributed by atoms with Gasteiger partial charge in [0, 0.05) is 31.2 Å². The number of rotatable bonds is 4. The lowest BCUT2D eigenvalue weighted by Gasteiger charge is -2.28. The lowest BCUT2D eigenvalue weighted by Crippen LogP contribution is -2.36. The number of pyridine rings is 1. The fourth-order valence-electron chi connectivity index (χ4n) is 2.89. The Morgan fingerprint density at radius 1 is 1.08 bits per heavy atom. The second-order valence-electron chi connectivity index (χ2n) is 5.86. The van der Waals surface area contributed by atoms with Crippen molar-refractivity contribution in [3.8, 4) is 0 Å². The summed E-state index contributed by atoms with van der Waals surface area (Å²) in [5, 5.41) is 3.94. The van der Waals surface area contributed by atoms with Crippen LogP contribution in [0.4, 0.5) is 16.0 Å². The smallest absolute Gasteiger partial charge is 0.137 e. The van der Waals surface area contributed by atoms with Gasteiger partial charge in [0.05, 0.1) is 18.7 Å². The minimum atomic E-state index is -0.302. The van der Waals surface area contributed by atoms with E-state index in [0.29, 0.717) is 23.3 Å². The first-order valence-electron chi connectivity index (χ1n) is 8.21. The Kier molecular flexibility index (Phi) is 4.39. The van der Waals surface area contributed by atoms with Gasteiger partial charge in [0.1, 0.15) is 23.8 Å². The molecule has 0 unspecified atom stereocenters. The van der Waals surface area contributed by atoms with Crippen LogP contribution in [-0.4, -0.2) is 41.3 Å². The normalized spacial score (nSPS) is 14.7. The molecule has 25 heavy (non-hydrogen) atoms. The fraction of sp³-hybridized carbons (Fsp3) is 0.278. The maximum absolute atomic E-state index is 13.5. The van der Waals surface area contributed by atoms with Crippen molar-refractivity contribution >= 4 is 22.5 Å². The third kappa shape index (κ3) is 3.51. The average molecular weight is 339 g/mol. The Morgan fingerprint density at radius 3 is 2.84 bits per heavy atom. The number of benzene rings is 1. The average Bonchev–Trinajstić information content (AvgIpc) is 2.67. The molecule has 0 radical (unpaired) electrons. The first kappa shape index (κ1) is 15.7. The summed E-state index contributed by atoms with van der Waals surface area (Å²) in [7, 11) is 0. The Hall–Kier alpha value is -2.80. The van der Waals surface area contributed by atoms with Crippen molar-refractivity contribution in [3.63, 3.8) is 0 Å². The quantitative estimate of drug-likeness (QED) is 0.788. The lowest BCUT2D eigenvalue weighted by atomic mass is 10.2. The summed E-state index contributed by atoms with van der Waals surface area (Å²) < 4.78 is 18.9. The largest absolute Gasteiger partial charge is 0.378 e. The number of nitrogens with one attached hydrogen (secondary N) is 1. The van der Waals surface area contributed by atoms with Gasteiger partial charge in [-0.3, -0.25) is 0 Å². The molecule has 0 spiro atoms. The van der Waals surface area contributed by atoms with Crippen LogP contribution in [0.3, 0.4) is 0 Å². The summed E-state index contributed by atoms with van der Waals surface area (Å²) in [6.45, 7) is 3.72. The van der Waals surface area contributed by atoms with Gasteiger partial charge in [-0.15, -0.1) is 0 Å². The van der Waals surface area contributed by atoms with E-state index >= 15 is 0 Å². The fourth-order valence-corrected chi connectivity index (χ4v) is 2.89. The van der Waals surface area contributed by atoms with Crippen molar-refractivity contribution < 1.29 is 9.13 Å². The predicted molar refractivity (Wildman–Crippen MR) is 94.1 cm³/mol. The van der Waals surface area contributed by atoms with E-state index in [2.05, 4.69) is 31.2 Å². The monoisotopic (exact) mass is 339 g/mol. The zero-order valence-corrected chi connectivity index (χ0v) is 13.7. The minimum absolute atomic E-state index is 0.302. The summed E-state index contributed by atoms with van der Waals surface area (Å²) in [6, 6.07) is 8.52. The van der Waals surface area contributed by atoms with Gasteiger partial charge in [-0.2, -0.15) is 0 Å². The van der Waals surface area contributed by atoms with Gasteiger partial charge in [-0.1, -0.05) is 0 Å². The van der Waals surface area contributed by atoms with E-state index in [9.17, 15) is 4.39 Å². The second-order valence-corrected chi connectivity index (χ2v) is 5.86. The molecule has 0 amide bonds. The highest BCUT2D eigenvalue weighted by molar-refractivity contribution is 5.88. The zero-order chi connectivity index (χ0) is 17.1. The highest BCUT2D eigenvalue weighted by atomic mass is 19.1. The van der Waals surface area contributed by atoms with E-state index in [1.807, 2.05) is 6.07 Å². The topological polar surface area (TPSA) is 63.2 Å². The van der Waals surface area contributed by atoms with Crippen molar-refractivity contribution in [2.24, 2.45) is 0 Å². The van der Waals surface area contributed by atoms with Crippen LogP contribution in [0.15, 0.2) is 42.9 Å². The first-order valence-corrected chi connectivity index (χ1v) is 8.21. The van der Waals surface area contributed by atoms with Crippen LogP contribution < -0.4 is 10.2 Å². The number of fused-ring (bicyclic) bond motifs is 1. The van der Waals surface area contributed by atoms with Crippen molar-refractivity contribution in [1.82, 2.24) is 15.0 Å². The van der Waals surface area contributed by atoms with Gasteiger partial charge < -0.3 is 15.0 Å². The van der Waals surface area contributed by atoms with Crippen LogP contribution in [0, 0.1) is 5.82 Å². The first-order chi connectivity index (χ1) is 12.3. The summed E-state index contributed by atoms with van der Waals surface area (Å²) in [5.41, 5.74) is 1.79. The predicted octanol–water partition coefficient (Wildman–Crippen LogP) is 2.61. The van der Waals surface area contributed by atoms with Crippen LogP contribution in [0.1, 0.15) is 5.56 Å². The maximum atomic E-state index is 13.5. The molecular weight excluding hydrogens is 321 g/mol. The molecule has 1 aromatic carbocycles. The van der Waals surface area contributed by atoms with E-state index in [4.69, 9.17) is 4.74 Å². The van der Waals surface area contributed by atoms with Crippen LogP contribution in [0.2, 0.25) is 0 Å². The number of hydrogen-bond acceptors (Lipinski definition) is 6. The molecule has 0 saturated carbocycles. The van der Waals surface area contributed by atoms with Crippen LogP contribution in [0.5, 0.6) is 0 Å². The SMILES string of the molecule is Fc1ccc2ncnc(NCc3ccnc(N4CCOCC4)c3)c2c1. The number of nitrogens with zero attached hydrogens (tertiary/aromatic N) is 4. The molecule has 1 fully saturated rings. The molecule has 4 rings (SSSR count). The van der Waals surface area contributed by atoms with E-state index in [0.717, 1.165) is 37.7 Å². The molecule has 2 aromatic heterocycles. The van der Waals surface area contributed by atoms with E-state index < -0.39 is 0 Å². The Labute approximate surface area is 144 Å². The van der Waals surface area contributed by atoms with Crippen LogP contribution >= 0.6 is 0 Å². The molecule has 3 aromatic rings. The lowest BCUT2D eigenvalue weighted by molar-refractivity contribution is 0.122. The van der Waals surface area contributed by atoms with Crippen LogP contribution in [-0.2, 0) is 11.3 Å². The standard InChI is InChI=1S/C18H18FN5O/c19-14-1-2-16-15(10-14)18(23-12-22-16)21-11-13-3-4-20-17(9-13)24-5-7-25-8-6-24/h1-4,9-10,12H,5-8,11H2,(H,21,22,23). The third-order valence-corrected chi connectivity index (χ3v) is 4.20. The van der Waals surface area contributed by atoms with Crippen molar-refractivity contribution in [3.05, 3.63) is 54.2 Å². The number of hydrogen-bond donors (Lipinski definition) is 1. The second kappa shape index (κ2) is 6.98. The number of morpholine rings is 1. The Morgan fingerprint density at radius 2 is 1.96 bits per heavy atom. The summed E-state index contributed by atoms with van der Waals surface area (Å²) in [6.07, 6.45) is 3.29. The molecule has 3 heterocycles. The number of ether oxygens (including phenoxy) is 1. The van der Waals surface area contributed by atoms with Crippen molar-refractivity contribution in [2.75, 3.05) is 36.5 Å². The molecule has 1 aliphatic rings. The summed E-state index contributed by atoms with van der Waals surface area (Å²) in [5.74, 6) is 1.26. The minimum Gasteiger partial charge on any atom is -0.378 e. The summed E-state index contributed by atoms with van der Waals surface area (Å²) >= 11 is 0. The van der Waals surface area contributed by atoms with Gasteiger partial charge in [0.2, 0.25) is 0 Å². The van der Waals surface area contributed by atoms with Gasteiger partial charge in [-0.25, -0.2) is 19.3 Å². The van der Waals surface area contributed by atoms with Gasteiger partial charge in [-0.05, 0) is 35.9 Å². The van der Waals surface area contributed by atoms with E-state index in [-0.39, 0.29) is 5.82 Å². The number of halogens is 1.